The van der Waals surface area contributed by atoms with Crippen LogP contribution in [0.25, 0.3) is 67.8 Å². The zero-order valence-corrected chi connectivity index (χ0v) is 50.9. The summed E-state index contributed by atoms with van der Waals surface area (Å²) >= 11 is 0. The molecule has 2 aliphatic heterocycles. The molecule has 0 saturated carbocycles. The van der Waals surface area contributed by atoms with Gasteiger partial charge in [0.05, 0.1) is 66.2 Å². The molecule has 0 amide bonds. The number of pyridine rings is 2. The van der Waals surface area contributed by atoms with Crippen LogP contribution in [-0.4, -0.2) is 137 Å². The normalized spacial score (nSPS) is 14.4. The van der Waals surface area contributed by atoms with E-state index >= 15 is 0 Å². The molecule has 10 rings (SSSR count). The van der Waals surface area contributed by atoms with Crippen LogP contribution in [0.1, 0.15) is 45.7 Å². The molecule has 8 aromatic rings. The van der Waals surface area contributed by atoms with Crippen molar-refractivity contribution in [1.82, 2.24) is 39.3 Å². The molecule has 0 spiro atoms. The molecule has 84 heavy (non-hydrogen) atoms. The number of nitrogens with one attached hydrogen (secondary N) is 1. The molecule has 0 aliphatic carbocycles. The number of hydrogen-bond acceptors (Lipinski definition) is 13. The molecule has 0 bridgehead atoms. The molecule has 2 saturated heterocycles. The number of aromatic nitrogens is 6. The van der Waals surface area contributed by atoms with Crippen molar-refractivity contribution in [3.8, 4) is 79.3 Å². The lowest BCUT2D eigenvalue weighted by Crippen LogP contribution is -2.35. The van der Waals surface area contributed by atoms with Crippen LogP contribution in [0.5, 0.6) is 11.5 Å². The van der Waals surface area contributed by atoms with Crippen LogP contribution in [0.3, 0.4) is 0 Å². The number of Topliss-reactive ketones (excluding diaryl/α,β-unsaturated/α-hetero) is 1. The van der Waals surface area contributed by atoms with E-state index in [1.54, 1.807) is 20.8 Å². The summed E-state index contributed by atoms with van der Waals surface area (Å²) in [6.07, 6.45) is 7.65. The van der Waals surface area contributed by atoms with Crippen molar-refractivity contribution in [3.63, 3.8) is 0 Å². The van der Waals surface area contributed by atoms with Crippen LogP contribution in [-0.2, 0) is 43.6 Å². The number of carbonyl (C=O) groups is 2. The first-order valence-electron chi connectivity index (χ1n) is 29.0. The van der Waals surface area contributed by atoms with Crippen LogP contribution in [0.4, 0.5) is 0 Å². The van der Waals surface area contributed by atoms with Crippen molar-refractivity contribution in [2.45, 2.75) is 80.1 Å². The van der Waals surface area contributed by atoms with E-state index in [0.29, 0.717) is 19.1 Å². The second kappa shape index (κ2) is 27.8. The standard InChI is InChI=1S/C37H48N4O4Si.C30H32N4O4/c1-28(42)37(2,3)26-45-33-13-10-30(11-14-33)34-15-12-32(23-38-34)36-39-35(25-41(36)27-44-20-21-46(4,5)6)31-9-7-8-29(22-31)24-40-16-18-43-19-17-40;1-30(2,29(35)36)20-38-25-9-6-22(7-10-25)26-11-8-24(17-31-26)28-32-18-27(33-28)23-5-3-4-21(16-23)19-34-12-14-37-15-13-34/h7-15,22-23,25H,16-21,24,26-27H2,1-6H3;3-11,16-18H,12-15,19-20H2,1-2H3,(H,32,33)(H,35,36). The summed E-state index contributed by atoms with van der Waals surface area (Å²) in [6.45, 7) is 26.2. The highest BCUT2D eigenvalue weighted by molar-refractivity contribution is 6.76. The quantitative estimate of drug-likeness (QED) is 0.0456. The Labute approximate surface area is 495 Å². The third kappa shape index (κ3) is 17.0. The van der Waals surface area contributed by atoms with Gasteiger partial charge in [0, 0.05) is 100 Å². The second-order valence-corrected chi connectivity index (χ2v) is 29.8. The maximum atomic E-state index is 11.8. The van der Waals surface area contributed by atoms with E-state index in [9.17, 15) is 14.7 Å². The summed E-state index contributed by atoms with van der Waals surface area (Å²) in [5, 5.41) is 9.24. The highest BCUT2D eigenvalue weighted by Crippen LogP contribution is 2.31. The van der Waals surface area contributed by atoms with Crippen LogP contribution in [0.2, 0.25) is 25.7 Å². The van der Waals surface area contributed by atoms with E-state index < -0.39 is 24.9 Å². The van der Waals surface area contributed by atoms with Gasteiger partial charge in [0.15, 0.2) is 0 Å². The molecule has 2 fully saturated rings. The monoisotopic (exact) mass is 1150 g/mol. The van der Waals surface area contributed by atoms with Gasteiger partial charge in [-0.2, -0.15) is 0 Å². The minimum Gasteiger partial charge on any atom is -0.493 e. The Kier molecular flexibility index (Phi) is 20.2. The van der Waals surface area contributed by atoms with Crippen LogP contribution < -0.4 is 9.47 Å². The van der Waals surface area contributed by atoms with Crippen molar-refractivity contribution in [2.75, 3.05) is 72.4 Å². The molecule has 16 nitrogen and oxygen atoms in total. The molecule has 0 radical (unpaired) electrons. The van der Waals surface area contributed by atoms with Crippen LogP contribution in [0, 0.1) is 10.8 Å². The molecule has 440 valence electrons. The fourth-order valence-corrected chi connectivity index (χ4v) is 10.0. The van der Waals surface area contributed by atoms with Gasteiger partial charge in [0.1, 0.15) is 48.9 Å². The number of rotatable bonds is 23. The third-order valence-corrected chi connectivity index (χ3v) is 16.9. The van der Waals surface area contributed by atoms with Crippen molar-refractivity contribution < 1.29 is 38.4 Å². The molecule has 0 atom stereocenters. The number of ether oxygens (including phenoxy) is 5. The lowest BCUT2D eigenvalue weighted by atomic mass is 9.90. The molecule has 4 aromatic heterocycles. The average molecular weight is 1150 g/mol. The maximum absolute atomic E-state index is 11.8. The molecular formula is C67H80N8O8Si. The number of nitrogens with zero attached hydrogens (tertiary/aromatic N) is 7. The maximum Gasteiger partial charge on any atom is 0.312 e. The zero-order valence-electron chi connectivity index (χ0n) is 49.9. The first-order valence-corrected chi connectivity index (χ1v) is 32.7. The Morgan fingerprint density at radius 1 is 0.607 bits per heavy atom. The number of carbonyl (C=O) groups excluding carboxylic acids is 1. The van der Waals surface area contributed by atoms with Gasteiger partial charge in [-0.1, -0.05) is 56.0 Å². The molecular weight excluding hydrogens is 1070 g/mol. The summed E-state index contributed by atoms with van der Waals surface area (Å²) in [5.41, 5.74) is 10.6. The topological polar surface area (TPSA) is 179 Å². The van der Waals surface area contributed by atoms with Crippen LogP contribution in [0.15, 0.2) is 146 Å². The van der Waals surface area contributed by atoms with Gasteiger partial charge in [0.25, 0.3) is 0 Å². The number of ketones is 1. The number of carboxylic acid groups (broad SMARTS) is 1. The number of aromatic amines is 1. The Bertz CT molecular complexity index is 3420. The first kappa shape index (κ1) is 60.9. The van der Waals surface area contributed by atoms with Crippen molar-refractivity contribution >= 4 is 19.8 Å². The highest BCUT2D eigenvalue weighted by atomic mass is 28.3. The van der Waals surface area contributed by atoms with Gasteiger partial charge >= 0.3 is 5.97 Å². The third-order valence-electron chi connectivity index (χ3n) is 15.1. The fourth-order valence-electron chi connectivity index (χ4n) is 9.28. The van der Waals surface area contributed by atoms with Gasteiger partial charge in [-0.15, -0.1) is 0 Å². The number of hydrogen-bond donors (Lipinski definition) is 2. The van der Waals surface area contributed by atoms with Gasteiger partial charge in [0.2, 0.25) is 0 Å². The minimum atomic E-state index is -1.20. The van der Waals surface area contributed by atoms with E-state index in [2.05, 4.69) is 110 Å². The zero-order chi connectivity index (χ0) is 59.3. The van der Waals surface area contributed by atoms with Crippen molar-refractivity contribution in [2.24, 2.45) is 10.8 Å². The van der Waals surface area contributed by atoms with E-state index in [1.165, 1.54) is 11.1 Å². The van der Waals surface area contributed by atoms with Gasteiger partial charge < -0.3 is 38.3 Å². The second-order valence-electron chi connectivity index (χ2n) is 24.2. The summed E-state index contributed by atoms with van der Waals surface area (Å²) in [4.78, 5) is 50.5. The van der Waals surface area contributed by atoms with Crippen molar-refractivity contribution in [1.29, 1.82) is 0 Å². The molecule has 2 N–H and O–H groups in total. The Morgan fingerprint density at radius 3 is 1.63 bits per heavy atom. The SMILES string of the molecule is CC(=O)C(C)(C)COc1ccc(-c2ccc(-c3nc(-c4cccc(CN5CCOCC5)c4)cn3COCC[Si](C)(C)C)cn2)cc1.CC(C)(COc1ccc(-c2ccc(-c3ncc(-c4cccc(CN5CCOCC5)c4)[nH]3)cn2)cc1)C(=O)O. The summed E-state index contributed by atoms with van der Waals surface area (Å²) < 4.78 is 30.8. The number of H-pyrrole nitrogens is 1. The molecule has 4 aromatic carbocycles. The summed E-state index contributed by atoms with van der Waals surface area (Å²) in [5.74, 6) is 2.17. The van der Waals surface area contributed by atoms with Crippen molar-refractivity contribution in [3.05, 3.63) is 157 Å². The van der Waals surface area contributed by atoms with Gasteiger partial charge in [-0.05, 0) is 142 Å². The lowest BCUT2D eigenvalue weighted by molar-refractivity contribution is -0.148. The number of carboxylic acids is 1. The number of imidazole rings is 2. The highest BCUT2D eigenvalue weighted by Gasteiger charge is 2.28. The molecule has 17 heteroatoms. The van der Waals surface area contributed by atoms with E-state index in [-0.39, 0.29) is 12.4 Å². The Morgan fingerprint density at radius 2 is 1.12 bits per heavy atom. The average Bonchev–Trinajstić information content (AvgIpc) is 4.09. The Balaban J connectivity index is 0.000000205. The lowest BCUT2D eigenvalue weighted by Gasteiger charge is -2.26. The first-order chi connectivity index (χ1) is 40.3. The molecule has 6 heterocycles. The van der Waals surface area contributed by atoms with Crippen LogP contribution >= 0.6 is 0 Å². The predicted molar refractivity (Wildman–Crippen MR) is 332 cm³/mol. The molecule has 2 aliphatic rings. The Hall–Kier alpha value is -7.64. The minimum absolute atomic E-state index is 0.0952. The van der Waals surface area contributed by atoms with E-state index in [4.69, 9.17) is 33.7 Å². The van der Waals surface area contributed by atoms with Gasteiger partial charge in [-0.25, -0.2) is 9.97 Å². The van der Waals surface area contributed by atoms with E-state index in [1.807, 2.05) is 99.2 Å². The largest absolute Gasteiger partial charge is 0.493 e. The number of morpholine rings is 2. The molecule has 0 unspecified atom stereocenters. The number of aliphatic carboxylic acids is 1. The summed E-state index contributed by atoms with van der Waals surface area (Å²) in [6, 6.07) is 41.7. The number of benzene rings is 4. The van der Waals surface area contributed by atoms with Gasteiger partial charge in [-0.3, -0.25) is 29.4 Å². The van der Waals surface area contributed by atoms with E-state index in [0.717, 1.165) is 152 Å². The fraction of sp³-hybridized carbons (Fsp3) is 0.373. The smallest absolute Gasteiger partial charge is 0.312 e. The predicted octanol–water partition coefficient (Wildman–Crippen LogP) is 12.5. The summed E-state index contributed by atoms with van der Waals surface area (Å²) in [7, 11) is -1.20.